The zero-order valence-corrected chi connectivity index (χ0v) is 16.9. The maximum absolute atomic E-state index is 12.8. The van der Waals surface area contributed by atoms with Crippen LogP contribution in [-0.2, 0) is 0 Å². The van der Waals surface area contributed by atoms with Crippen LogP contribution in [0.2, 0.25) is 0 Å². The molecule has 1 heterocycles. The quantitative estimate of drug-likeness (QED) is 0.733. The van der Waals surface area contributed by atoms with Gasteiger partial charge in [0.05, 0.1) is 12.6 Å². The van der Waals surface area contributed by atoms with Crippen molar-refractivity contribution >= 4 is 11.8 Å². The molecule has 0 radical (unpaired) electrons. The number of amides is 2. The number of carbonyl (C=O) groups excluding carboxylic acids is 2. The molecule has 0 saturated heterocycles. The van der Waals surface area contributed by atoms with Gasteiger partial charge in [-0.05, 0) is 43.4 Å². The van der Waals surface area contributed by atoms with Gasteiger partial charge in [-0.2, -0.15) is 5.10 Å². The minimum atomic E-state index is -0.320. The maximum atomic E-state index is 12.8. The van der Waals surface area contributed by atoms with E-state index in [-0.39, 0.29) is 29.6 Å². The summed E-state index contributed by atoms with van der Waals surface area (Å²) in [5.74, 6) is 0.744. The molecule has 7 nitrogen and oxygen atoms in total. The molecule has 1 aromatic carbocycles. The molecule has 2 N–H and O–H groups in total. The van der Waals surface area contributed by atoms with Gasteiger partial charge < -0.3 is 15.4 Å². The predicted molar refractivity (Wildman–Crippen MR) is 107 cm³/mol. The standard InChI is InChI=1S/C21H28N4O3/c1-5-9-28-16-8-6-7-15(11-16)14(3)25-19(12-18(24-25)20(26)22-4)21(27)23-17-10-13(17)2/h6-8,11-14,17H,5,9-10H2,1-4H3,(H,22,26)(H,23,27)/t13-,14?,17-/m0/s1. The first-order valence-corrected chi connectivity index (χ1v) is 9.79. The van der Waals surface area contributed by atoms with Crippen LogP contribution >= 0.6 is 0 Å². The van der Waals surface area contributed by atoms with E-state index < -0.39 is 0 Å². The molecule has 150 valence electrons. The highest BCUT2D eigenvalue weighted by Crippen LogP contribution is 2.30. The average Bonchev–Trinajstić information content (AvgIpc) is 3.21. The summed E-state index contributed by atoms with van der Waals surface area (Å²) < 4.78 is 7.34. The van der Waals surface area contributed by atoms with Crippen LogP contribution in [0.25, 0.3) is 0 Å². The summed E-state index contributed by atoms with van der Waals surface area (Å²) in [4.78, 5) is 24.9. The molecule has 2 aromatic rings. The van der Waals surface area contributed by atoms with Gasteiger partial charge in [0.25, 0.3) is 11.8 Å². The van der Waals surface area contributed by atoms with Crippen molar-refractivity contribution in [3.05, 3.63) is 47.3 Å². The molecule has 1 unspecified atom stereocenters. The topological polar surface area (TPSA) is 85.2 Å². The lowest BCUT2D eigenvalue weighted by Gasteiger charge is -2.17. The molecule has 1 aliphatic carbocycles. The number of rotatable bonds is 8. The lowest BCUT2D eigenvalue weighted by Crippen LogP contribution is -2.29. The molecule has 1 saturated carbocycles. The van der Waals surface area contributed by atoms with Crippen molar-refractivity contribution in [2.24, 2.45) is 5.92 Å². The molecule has 3 rings (SSSR count). The Morgan fingerprint density at radius 3 is 2.71 bits per heavy atom. The number of benzene rings is 1. The van der Waals surface area contributed by atoms with Crippen LogP contribution in [0.3, 0.4) is 0 Å². The third-order valence-corrected chi connectivity index (χ3v) is 5.03. The van der Waals surface area contributed by atoms with Crippen molar-refractivity contribution in [1.29, 1.82) is 0 Å². The number of hydrogen-bond donors (Lipinski definition) is 2. The third kappa shape index (κ3) is 4.35. The van der Waals surface area contributed by atoms with Crippen molar-refractivity contribution in [2.45, 2.75) is 45.7 Å². The Balaban J connectivity index is 1.91. The van der Waals surface area contributed by atoms with E-state index in [1.807, 2.05) is 31.2 Å². The number of aromatic nitrogens is 2. The zero-order valence-electron chi connectivity index (χ0n) is 16.9. The summed E-state index contributed by atoms with van der Waals surface area (Å²) in [7, 11) is 1.55. The van der Waals surface area contributed by atoms with Gasteiger partial charge in [0.1, 0.15) is 11.4 Å². The lowest BCUT2D eigenvalue weighted by molar-refractivity contribution is 0.0934. The summed E-state index contributed by atoms with van der Waals surface area (Å²) in [6, 6.07) is 9.26. The molecule has 1 fully saturated rings. The fourth-order valence-electron chi connectivity index (χ4n) is 3.09. The Morgan fingerprint density at radius 2 is 2.07 bits per heavy atom. The lowest BCUT2D eigenvalue weighted by atomic mass is 10.1. The van der Waals surface area contributed by atoms with Crippen LogP contribution in [0.4, 0.5) is 0 Å². The van der Waals surface area contributed by atoms with Crippen LogP contribution in [0, 0.1) is 5.92 Å². The second-order valence-electron chi connectivity index (χ2n) is 7.33. The Hall–Kier alpha value is -2.83. The van der Waals surface area contributed by atoms with Crippen molar-refractivity contribution in [1.82, 2.24) is 20.4 Å². The van der Waals surface area contributed by atoms with Crippen LogP contribution in [0.1, 0.15) is 66.2 Å². The van der Waals surface area contributed by atoms with Crippen molar-refractivity contribution in [3.8, 4) is 5.75 Å². The van der Waals surface area contributed by atoms with Gasteiger partial charge in [0, 0.05) is 19.2 Å². The summed E-state index contributed by atoms with van der Waals surface area (Å²) in [6.45, 7) is 6.76. The van der Waals surface area contributed by atoms with Crippen molar-refractivity contribution < 1.29 is 14.3 Å². The van der Waals surface area contributed by atoms with E-state index >= 15 is 0 Å². The number of nitrogens with one attached hydrogen (secondary N) is 2. The Kier molecular flexibility index (Phi) is 6.02. The normalized spacial score (nSPS) is 19.0. The Labute approximate surface area is 165 Å². The zero-order chi connectivity index (χ0) is 20.3. The van der Waals surface area contributed by atoms with Gasteiger partial charge in [-0.25, -0.2) is 0 Å². The van der Waals surface area contributed by atoms with Gasteiger partial charge in [-0.3, -0.25) is 14.3 Å². The molecular formula is C21H28N4O3. The first kappa shape index (κ1) is 19.9. The minimum absolute atomic E-state index is 0.195. The highest BCUT2D eigenvalue weighted by Gasteiger charge is 2.35. The summed E-state index contributed by atoms with van der Waals surface area (Å²) in [5.41, 5.74) is 1.56. The van der Waals surface area contributed by atoms with Gasteiger partial charge >= 0.3 is 0 Å². The van der Waals surface area contributed by atoms with E-state index in [9.17, 15) is 9.59 Å². The fourth-order valence-corrected chi connectivity index (χ4v) is 3.09. The molecule has 2 amide bonds. The van der Waals surface area contributed by atoms with E-state index in [1.165, 1.54) is 0 Å². The minimum Gasteiger partial charge on any atom is -0.494 e. The molecule has 28 heavy (non-hydrogen) atoms. The van der Waals surface area contributed by atoms with E-state index in [0.717, 1.165) is 24.2 Å². The number of ether oxygens (including phenoxy) is 1. The summed E-state index contributed by atoms with van der Waals surface area (Å²) >= 11 is 0. The van der Waals surface area contributed by atoms with E-state index in [2.05, 4.69) is 29.6 Å². The van der Waals surface area contributed by atoms with Crippen molar-refractivity contribution in [3.63, 3.8) is 0 Å². The fraction of sp³-hybridized carbons (Fsp3) is 0.476. The molecule has 0 spiro atoms. The first-order valence-electron chi connectivity index (χ1n) is 9.79. The van der Waals surface area contributed by atoms with E-state index in [0.29, 0.717) is 18.2 Å². The second-order valence-corrected chi connectivity index (χ2v) is 7.33. The highest BCUT2D eigenvalue weighted by molar-refractivity contribution is 5.98. The second kappa shape index (κ2) is 8.46. The van der Waals surface area contributed by atoms with E-state index in [1.54, 1.807) is 17.8 Å². The summed E-state index contributed by atoms with van der Waals surface area (Å²) in [5, 5.41) is 10.0. The van der Waals surface area contributed by atoms with Crippen molar-refractivity contribution in [2.75, 3.05) is 13.7 Å². The number of carbonyl (C=O) groups is 2. The van der Waals surface area contributed by atoms with Crippen LogP contribution in [-0.4, -0.2) is 41.3 Å². The molecule has 1 aliphatic rings. The highest BCUT2D eigenvalue weighted by atomic mass is 16.5. The monoisotopic (exact) mass is 384 g/mol. The molecule has 7 heteroatoms. The predicted octanol–water partition coefficient (Wildman–Crippen LogP) is 2.78. The molecular weight excluding hydrogens is 356 g/mol. The van der Waals surface area contributed by atoms with Gasteiger partial charge in [-0.15, -0.1) is 0 Å². The van der Waals surface area contributed by atoms with Crippen LogP contribution < -0.4 is 15.4 Å². The van der Waals surface area contributed by atoms with E-state index in [4.69, 9.17) is 4.74 Å². The number of hydrogen-bond acceptors (Lipinski definition) is 4. The third-order valence-electron chi connectivity index (χ3n) is 5.03. The Bertz CT molecular complexity index is 861. The smallest absolute Gasteiger partial charge is 0.271 e. The van der Waals surface area contributed by atoms with Crippen LogP contribution in [0.15, 0.2) is 30.3 Å². The van der Waals surface area contributed by atoms with Gasteiger partial charge in [0.15, 0.2) is 5.69 Å². The molecule has 0 aliphatic heterocycles. The SMILES string of the molecule is CCCOc1cccc(C(C)n2nc(C(=O)NC)cc2C(=O)N[C@H]2C[C@@H]2C)c1. The molecule has 0 bridgehead atoms. The number of nitrogens with zero attached hydrogens (tertiary/aromatic N) is 2. The average molecular weight is 384 g/mol. The maximum Gasteiger partial charge on any atom is 0.271 e. The molecule has 1 aromatic heterocycles. The summed E-state index contributed by atoms with van der Waals surface area (Å²) in [6.07, 6.45) is 1.91. The van der Waals surface area contributed by atoms with Gasteiger partial charge in [-0.1, -0.05) is 26.0 Å². The Morgan fingerprint density at radius 1 is 1.32 bits per heavy atom. The first-order chi connectivity index (χ1) is 13.4. The largest absolute Gasteiger partial charge is 0.494 e. The van der Waals surface area contributed by atoms with Gasteiger partial charge in [0.2, 0.25) is 0 Å². The molecule has 3 atom stereocenters. The van der Waals surface area contributed by atoms with Crippen LogP contribution in [0.5, 0.6) is 5.75 Å².